The maximum absolute atomic E-state index is 5.27. The summed E-state index contributed by atoms with van der Waals surface area (Å²) in [7, 11) is 1.96. The van der Waals surface area contributed by atoms with Crippen LogP contribution in [-0.2, 0) is 11.3 Å². The van der Waals surface area contributed by atoms with Crippen LogP contribution >= 0.6 is 12.2 Å². The average molecular weight is 256 g/mol. The molecule has 0 unspecified atom stereocenters. The summed E-state index contributed by atoms with van der Waals surface area (Å²) >= 11 is 5.27. The molecule has 0 aliphatic carbocycles. The lowest BCUT2D eigenvalue weighted by molar-refractivity contribution is 0.145. The Labute approximate surface area is 108 Å². The molecule has 1 heterocycles. The lowest BCUT2D eigenvalue weighted by Crippen LogP contribution is -2.37. The van der Waals surface area contributed by atoms with Crippen LogP contribution in [0, 0.1) is 0 Å². The fourth-order valence-corrected chi connectivity index (χ4v) is 1.53. The second-order valence-electron chi connectivity index (χ2n) is 3.75. The smallest absolute Gasteiger partial charge is 0.168 e. The number of hydrogen-bond acceptors (Lipinski definition) is 3. The van der Waals surface area contributed by atoms with E-state index in [1.165, 1.54) is 0 Å². The highest BCUT2D eigenvalue weighted by Gasteiger charge is 2.04. The summed E-state index contributed by atoms with van der Waals surface area (Å²) in [6.45, 7) is 5.14. The van der Waals surface area contributed by atoms with Crippen LogP contribution in [0.4, 0.5) is 0 Å². The van der Waals surface area contributed by atoms with E-state index in [-0.39, 0.29) is 0 Å². The first-order valence-corrected chi connectivity index (χ1v) is 6.19. The number of H-pyrrole nitrogens is 1. The fraction of sp³-hybridized carbons (Fsp3) is 0.636. The number of hydrogen-bond donors (Lipinski definition) is 2. The van der Waals surface area contributed by atoms with Gasteiger partial charge in [0, 0.05) is 45.1 Å². The maximum Gasteiger partial charge on any atom is 0.168 e. The first-order chi connectivity index (χ1) is 8.24. The fourth-order valence-electron chi connectivity index (χ4n) is 1.36. The number of thiocarbonyl (C=S) groups is 1. The zero-order valence-electron chi connectivity index (χ0n) is 10.4. The predicted octanol–water partition coefficient (Wildman–Crippen LogP) is 1.14. The van der Waals surface area contributed by atoms with E-state index < -0.39 is 0 Å². The highest BCUT2D eigenvalue weighted by atomic mass is 32.1. The molecule has 0 fully saturated rings. The van der Waals surface area contributed by atoms with Crippen LogP contribution in [0.3, 0.4) is 0 Å². The molecule has 6 heteroatoms. The van der Waals surface area contributed by atoms with Gasteiger partial charge in [0.1, 0.15) is 0 Å². The molecule has 0 spiro atoms. The van der Waals surface area contributed by atoms with Gasteiger partial charge < -0.3 is 15.0 Å². The van der Waals surface area contributed by atoms with Crippen LogP contribution in [0.25, 0.3) is 0 Å². The summed E-state index contributed by atoms with van der Waals surface area (Å²) in [5.41, 5.74) is 1.12. The zero-order valence-corrected chi connectivity index (χ0v) is 11.2. The van der Waals surface area contributed by atoms with Gasteiger partial charge in [-0.3, -0.25) is 5.10 Å². The van der Waals surface area contributed by atoms with E-state index in [1.807, 2.05) is 25.1 Å². The minimum Gasteiger partial charge on any atom is -0.382 e. The third-order valence-electron chi connectivity index (χ3n) is 2.27. The molecule has 1 aromatic heterocycles. The van der Waals surface area contributed by atoms with Gasteiger partial charge in [-0.25, -0.2) is 0 Å². The lowest BCUT2D eigenvalue weighted by Gasteiger charge is -2.20. The van der Waals surface area contributed by atoms with Gasteiger partial charge in [-0.05, 0) is 25.6 Å². The van der Waals surface area contributed by atoms with Crippen LogP contribution in [0.5, 0.6) is 0 Å². The third-order valence-corrected chi connectivity index (χ3v) is 2.72. The molecule has 0 aliphatic heterocycles. The van der Waals surface area contributed by atoms with Crippen LogP contribution in [0.2, 0.25) is 0 Å². The van der Waals surface area contributed by atoms with Crippen molar-refractivity contribution in [3.63, 3.8) is 0 Å². The monoisotopic (exact) mass is 256 g/mol. The first kappa shape index (κ1) is 13.9. The zero-order chi connectivity index (χ0) is 12.5. The van der Waals surface area contributed by atoms with Gasteiger partial charge in [-0.2, -0.15) is 5.10 Å². The summed E-state index contributed by atoms with van der Waals surface area (Å²) in [6.07, 6.45) is 4.63. The molecule has 0 atom stereocenters. The van der Waals surface area contributed by atoms with Crippen molar-refractivity contribution in [2.24, 2.45) is 0 Å². The Bertz CT molecular complexity index is 315. The molecule has 1 aromatic rings. The standard InChI is InChI=1S/C11H20N4OS/c1-3-16-6-4-5-12-11(17)15(2)9-10-7-13-14-8-10/h7-8H,3-6,9H2,1-2H3,(H,12,17)(H,13,14). The Kier molecular flexibility index (Phi) is 6.57. The Morgan fingerprint density at radius 3 is 3.12 bits per heavy atom. The SMILES string of the molecule is CCOCCCNC(=S)N(C)Cc1cn[nH]c1. The van der Waals surface area contributed by atoms with Gasteiger partial charge in [0.05, 0.1) is 6.20 Å². The molecule has 0 amide bonds. The summed E-state index contributed by atoms with van der Waals surface area (Å²) in [5, 5.41) is 10.6. The second kappa shape index (κ2) is 8.03. The molecule has 96 valence electrons. The molecular weight excluding hydrogens is 236 g/mol. The maximum atomic E-state index is 5.27. The summed E-state index contributed by atoms with van der Waals surface area (Å²) < 4.78 is 5.25. The van der Waals surface area contributed by atoms with Crippen molar-refractivity contribution in [3.8, 4) is 0 Å². The van der Waals surface area contributed by atoms with E-state index >= 15 is 0 Å². The Balaban J connectivity index is 2.14. The minimum absolute atomic E-state index is 0.752. The van der Waals surface area contributed by atoms with Crippen molar-refractivity contribution in [1.29, 1.82) is 0 Å². The van der Waals surface area contributed by atoms with Crippen molar-refractivity contribution in [2.75, 3.05) is 26.8 Å². The number of aromatic amines is 1. The van der Waals surface area contributed by atoms with Crippen molar-refractivity contribution < 1.29 is 4.74 Å². The van der Waals surface area contributed by atoms with Gasteiger partial charge in [0.25, 0.3) is 0 Å². The topological polar surface area (TPSA) is 53.2 Å². The van der Waals surface area contributed by atoms with Crippen LogP contribution in [0.15, 0.2) is 12.4 Å². The number of nitrogens with zero attached hydrogens (tertiary/aromatic N) is 2. The van der Waals surface area contributed by atoms with Crippen LogP contribution in [-0.4, -0.2) is 47.0 Å². The van der Waals surface area contributed by atoms with Gasteiger partial charge in [-0.15, -0.1) is 0 Å². The predicted molar refractivity (Wildman–Crippen MR) is 71.8 cm³/mol. The first-order valence-electron chi connectivity index (χ1n) is 5.78. The molecule has 1 rings (SSSR count). The molecule has 0 saturated carbocycles. The van der Waals surface area contributed by atoms with Crippen molar-refractivity contribution in [1.82, 2.24) is 20.4 Å². The number of rotatable bonds is 7. The van der Waals surface area contributed by atoms with Gasteiger partial charge in [-0.1, -0.05) is 0 Å². The van der Waals surface area contributed by atoms with E-state index in [9.17, 15) is 0 Å². The number of nitrogens with one attached hydrogen (secondary N) is 2. The highest BCUT2D eigenvalue weighted by molar-refractivity contribution is 7.80. The van der Waals surface area contributed by atoms with E-state index in [1.54, 1.807) is 6.20 Å². The van der Waals surface area contributed by atoms with E-state index in [4.69, 9.17) is 17.0 Å². The lowest BCUT2D eigenvalue weighted by atomic mass is 10.3. The number of aromatic nitrogens is 2. The molecule has 0 saturated heterocycles. The van der Waals surface area contributed by atoms with Gasteiger partial charge in [0.15, 0.2) is 5.11 Å². The van der Waals surface area contributed by atoms with Gasteiger partial charge >= 0.3 is 0 Å². The highest BCUT2D eigenvalue weighted by Crippen LogP contribution is 1.99. The van der Waals surface area contributed by atoms with Gasteiger partial charge in [0.2, 0.25) is 0 Å². The Hall–Kier alpha value is -1.14. The molecular formula is C11H20N4OS. The summed E-state index contributed by atoms with van der Waals surface area (Å²) in [6, 6.07) is 0. The largest absolute Gasteiger partial charge is 0.382 e. The van der Waals surface area contributed by atoms with Crippen LogP contribution < -0.4 is 5.32 Å². The van der Waals surface area contributed by atoms with Crippen molar-refractivity contribution >= 4 is 17.3 Å². The molecule has 0 aromatic carbocycles. The third kappa shape index (κ3) is 5.65. The summed E-state index contributed by atoms with van der Waals surface area (Å²) in [4.78, 5) is 1.99. The minimum atomic E-state index is 0.752. The Morgan fingerprint density at radius 2 is 2.47 bits per heavy atom. The molecule has 0 aliphatic rings. The number of ether oxygens (including phenoxy) is 1. The normalized spacial score (nSPS) is 10.2. The molecule has 17 heavy (non-hydrogen) atoms. The summed E-state index contributed by atoms with van der Waals surface area (Å²) in [5.74, 6) is 0. The van der Waals surface area contributed by atoms with Crippen LogP contribution in [0.1, 0.15) is 18.9 Å². The van der Waals surface area contributed by atoms with E-state index in [0.29, 0.717) is 0 Å². The molecule has 2 N–H and O–H groups in total. The second-order valence-corrected chi connectivity index (χ2v) is 4.13. The van der Waals surface area contributed by atoms with Crippen molar-refractivity contribution in [2.45, 2.75) is 19.9 Å². The Morgan fingerprint density at radius 1 is 1.65 bits per heavy atom. The molecule has 0 bridgehead atoms. The average Bonchev–Trinajstić information content (AvgIpc) is 2.81. The molecule has 5 nitrogen and oxygen atoms in total. The van der Waals surface area contributed by atoms with E-state index in [0.717, 1.165) is 43.4 Å². The molecule has 0 radical (unpaired) electrons. The van der Waals surface area contributed by atoms with E-state index in [2.05, 4.69) is 15.5 Å². The van der Waals surface area contributed by atoms with Crippen molar-refractivity contribution in [3.05, 3.63) is 18.0 Å². The quantitative estimate of drug-likeness (QED) is 0.566.